The van der Waals surface area contributed by atoms with Crippen molar-refractivity contribution in [1.29, 1.82) is 0 Å². The van der Waals surface area contributed by atoms with Crippen LogP contribution in [0.15, 0.2) is 146 Å². The quantitative estimate of drug-likeness (QED) is 0.0261. The molecule has 6 heteroatoms. The monoisotopic (exact) mass is 993 g/mol. The summed E-state index contributed by atoms with van der Waals surface area (Å²) in [6, 6.07) is 0. The first-order valence-electron chi connectivity index (χ1n) is 28.8. The molecular formula is C66H104O6. The summed E-state index contributed by atoms with van der Waals surface area (Å²) in [5, 5.41) is 0. The van der Waals surface area contributed by atoms with Crippen LogP contribution in [0.5, 0.6) is 0 Å². The van der Waals surface area contributed by atoms with Crippen molar-refractivity contribution in [2.45, 2.75) is 239 Å². The van der Waals surface area contributed by atoms with Gasteiger partial charge in [0.15, 0.2) is 6.10 Å². The fourth-order valence-electron chi connectivity index (χ4n) is 7.33. The van der Waals surface area contributed by atoms with Gasteiger partial charge in [-0.3, -0.25) is 14.4 Å². The molecule has 1 unspecified atom stereocenters. The first-order chi connectivity index (χ1) is 35.5. The summed E-state index contributed by atoms with van der Waals surface area (Å²) >= 11 is 0. The van der Waals surface area contributed by atoms with Crippen molar-refractivity contribution in [3.05, 3.63) is 146 Å². The van der Waals surface area contributed by atoms with Crippen LogP contribution in [0.4, 0.5) is 0 Å². The number of allylic oxidation sites excluding steroid dienone is 24. The van der Waals surface area contributed by atoms with Crippen molar-refractivity contribution in [3.63, 3.8) is 0 Å². The fourth-order valence-corrected chi connectivity index (χ4v) is 7.33. The molecule has 0 heterocycles. The van der Waals surface area contributed by atoms with E-state index < -0.39 is 6.10 Å². The van der Waals surface area contributed by atoms with Gasteiger partial charge in [0.05, 0.1) is 0 Å². The van der Waals surface area contributed by atoms with E-state index in [2.05, 4.69) is 167 Å². The largest absolute Gasteiger partial charge is 0.462 e. The SMILES string of the molecule is CC/C=C\C/C=C\C/C=C\C/C=C\C/C=C\C/C=C\C/C=C\C/C=C\CCCCCCC(=O)OCC(COC(=O)CCCCCCCCCC)OC(=O)CCCCCC/C=C\C/C=C\C/C=C\C/C=C\CC. The van der Waals surface area contributed by atoms with Crippen molar-refractivity contribution in [3.8, 4) is 0 Å². The number of rotatable bonds is 50. The Labute approximate surface area is 442 Å². The third-order valence-corrected chi connectivity index (χ3v) is 11.6. The molecule has 1 atom stereocenters. The molecule has 0 bridgehead atoms. The van der Waals surface area contributed by atoms with E-state index in [0.29, 0.717) is 12.8 Å². The first kappa shape index (κ1) is 67.3. The van der Waals surface area contributed by atoms with Crippen LogP contribution in [0.1, 0.15) is 233 Å². The third kappa shape index (κ3) is 56.2. The van der Waals surface area contributed by atoms with Gasteiger partial charge in [0, 0.05) is 19.3 Å². The van der Waals surface area contributed by atoms with Gasteiger partial charge < -0.3 is 14.2 Å². The van der Waals surface area contributed by atoms with Crippen molar-refractivity contribution in [2.75, 3.05) is 13.2 Å². The molecule has 404 valence electrons. The Morgan fingerprint density at radius 1 is 0.292 bits per heavy atom. The zero-order valence-electron chi connectivity index (χ0n) is 46.1. The average Bonchev–Trinajstić information content (AvgIpc) is 3.38. The number of ether oxygens (including phenoxy) is 3. The number of esters is 3. The number of hydrogen-bond donors (Lipinski definition) is 0. The van der Waals surface area contributed by atoms with Gasteiger partial charge >= 0.3 is 17.9 Å². The summed E-state index contributed by atoms with van der Waals surface area (Å²) in [6.07, 6.45) is 84.2. The van der Waals surface area contributed by atoms with Crippen molar-refractivity contribution in [1.82, 2.24) is 0 Å². The van der Waals surface area contributed by atoms with Crippen LogP contribution >= 0.6 is 0 Å². The summed E-state index contributed by atoms with van der Waals surface area (Å²) in [7, 11) is 0. The number of hydrogen-bond acceptors (Lipinski definition) is 6. The molecule has 0 spiro atoms. The van der Waals surface area contributed by atoms with Gasteiger partial charge in [0.2, 0.25) is 0 Å². The van der Waals surface area contributed by atoms with E-state index in [1.807, 2.05) is 0 Å². The van der Waals surface area contributed by atoms with Crippen LogP contribution in [-0.2, 0) is 28.6 Å². The van der Waals surface area contributed by atoms with Crippen LogP contribution in [0.25, 0.3) is 0 Å². The lowest BCUT2D eigenvalue weighted by atomic mass is 10.1. The predicted octanol–water partition coefficient (Wildman–Crippen LogP) is 19.6. The standard InChI is InChI=1S/C66H104O6/c1-4-7-10-13-16-19-21-23-25-27-28-29-30-31-32-33-34-35-36-37-38-40-41-43-45-47-50-53-56-59-65(68)71-62-63(61-70-64(67)58-55-52-49-18-15-12-9-6-3)72-66(69)60-57-54-51-48-46-44-42-39-26-24-22-20-17-14-11-8-5-2/h7-8,10-11,16-17,19-20,23-26,28-29,31-32,34-35,37-38,41-44,63H,4-6,9,12-15,18,21-22,27,30,33,36,39-40,45-62H2,1-3H3/b10-7-,11-8-,19-16-,20-17-,25-23-,26-24-,29-28-,32-31-,35-34-,38-37-,43-41-,44-42-. The van der Waals surface area contributed by atoms with Crippen molar-refractivity contribution in [2.24, 2.45) is 0 Å². The molecular weight excluding hydrogens is 889 g/mol. The zero-order chi connectivity index (χ0) is 52.2. The topological polar surface area (TPSA) is 78.9 Å². The molecule has 0 aromatic heterocycles. The Balaban J connectivity index is 4.33. The Morgan fingerprint density at radius 3 is 0.847 bits per heavy atom. The number of carbonyl (C=O) groups is 3. The minimum absolute atomic E-state index is 0.101. The highest BCUT2D eigenvalue weighted by Crippen LogP contribution is 2.13. The highest BCUT2D eigenvalue weighted by Gasteiger charge is 2.19. The van der Waals surface area contributed by atoms with Crippen LogP contribution < -0.4 is 0 Å². The molecule has 0 aromatic rings. The maximum absolute atomic E-state index is 12.8. The zero-order valence-corrected chi connectivity index (χ0v) is 46.1. The maximum Gasteiger partial charge on any atom is 0.306 e. The summed E-state index contributed by atoms with van der Waals surface area (Å²) in [6.45, 7) is 6.32. The Bertz CT molecular complexity index is 1610. The van der Waals surface area contributed by atoms with E-state index >= 15 is 0 Å². The molecule has 0 amide bonds. The minimum atomic E-state index is -0.805. The van der Waals surface area contributed by atoms with Gasteiger partial charge in [-0.2, -0.15) is 0 Å². The second kappa shape index (κ2) is 58.9. The van der Waals surface area contributed by atoms with Gasteiger partial charge in [0.1, 0.15) is 13.2 Å². The van der Waals surface area contributed by atoms with E-state index in [1.165, 1.54) is 32.1 Å². The molecule has 0 aliphatic heterocycles. The van der Waals surface area contributed by atoms with Crippen LogP contribution in [0.3, 0.4) is 0 Å². The first-order valence-corrected chi connectivity index (χ1v) is 28.8. The Hall–Kier alpha value is -4.71. The van der Waals surface area contributed by atoms with Gasteiger partial charge in [-0.1, -0.05) is 237 Å². The summed E-state index contributed by atoms with van der Waals surface area (Å²) < 4.78 is 16.8. The van der Waals surface area contributed by atoms with E-state index in [1.54, 1.807) is 0 Å². The lowest BCUT2D eigenvalue weighted by Crippen LogP contribution is -2.30. The van der Waals surface area contributed by atoms with Gasteiger partial charge in [0.25, 0.3) is 0 Å². The molecule has 0 saturated heterocycles. The fraction of sp³-hybridized carbons (Fsp3) is 0.591. The van der Waals surface area contributed by atoms with Gasteiger partial charge in [-0.25, -0.2) is 0 Å². The van der Waals surface area contributed by atoms with E-state index in [0.717, 1.165) is 161 Å². The molecule has 0 saturated carbocycles. The molecule has 0 rings (SSSR count). The third-order valence-electron chi connectivity index (χ3n) is 11.6. The van der Waals surface area contributed by atoms with E-state index in [4.69, 9.17) is 14.2 Å². The summed E-state index contributed by atoms with van der Waals surface area (Å²) in [5.74, 6) is -0.963. The number of unbranched alkanes of at least 4 members (excludes halogenated alkanes) is 15. The van der Waals surface area contributed by atoms with Crippen molar-refractivity contribution < 1.29 is 28.6 Å². The molecule has 6 nitrogen and oxygen atoms in total. The summed E-state index contributed by atoms with van der Waals surface area (Å²) in [5.41, 5.74) is 0. The lowest BCUT2D eigenvalue weighted by molar-refractivity contribution is -0.167. The molecule has 0 aliphatic rings. The number of carbonyl (C=O) groups excluding carboxylic acids is 3. The maximum atomic E-state index is 12.8. The lowest BCUT2D eigenvalue weighted by Gasteiger charge is -2.18. The van der Waals surface area contributed by atoms with Gasteiger partial charge in [-0.15, -0.1) is 0 Å². The van der Waals surface area contributed by atoms with E-state index in [9.17, 15) is 14.4 Å². The average molecular weight is 994 g/mol. The Morgan fingerprint density at radius 2 is 0.542 bits per heavy atom. The van der Waals surface area contributed by atoms with Crippen LogP contribution in [0, 0.1) is 0 Å². The van der Waals surface area contributed by atoms with Crippen LogP contribution in [0.2, 0.25) is 0 Å². The highest BCUT2D eigenvalue weighted by atomic mass is 16.6. The minimum Gasteiger partial charge on any atom is -0.462 e. The second-order valence-corrected chi connectivity index (χ2v) is 18.4. The molecule has 72 heavy (non-hydrogen) atoms. The second-order valence-electron chi connectivity index (χ2n) is 18.4. The van der Waals surface area contributed by atoms with Crippen molar-refractivity contribution >= 4 is 17.9 Å². The Kier molecular flexibility index (Phi) is 55.0. The highest BCUT2D eigenvalue weighted by molar-refractivity contribution is 5.71. The summed E-state index contributed by atoms with van der Waals surface area (Å²) in [4.78, 5) is 38.0. The van der Waals surface area contributed by atoms with Gasteiger partial charge in [-0.05, 0) is 122 Å². The van der Waals surface area contributed by atoms with Crippen LogP contribution in [-0.4, -0.2) is 37.2 Å². The predicted molar refractivity (Wildman–Crippen MR) is 311 cm³/mol. The molecule has 0 N–H and O–H groups in total. The normalized spacial score (nSPS) is 13.2. The molecule has 0 radical (unpaired) electrons. The van der Waals surface area contributed by atoms with E-state index in [-0.39, 0.29) is 37.5 Å². The molecule has 0 aromatic carbocycles. The smallest absolute Gasteiger partial charge is 0.306 e. The molecule has 0 aliphatic carbocycles. The molecule has 0 fully saturated rings.